The van der Waals surface area contributed by atoms with Gasteiger partial charge in [0.2, 0.25) is 0 Å². The quantitative estimate of drug-likeness (QED) is 0.406. The van der Waals surface area contributed by atoms with Gasteiger partial charge in [-0.2, -0.15) is 0 Å². The van der Waals surface area contributed by atoms with E-state index < -0.39 is 0 Å². The zero-order valence-corrected chi connectivity index (χ0v) is 18.9. The molecule has 0 heterocycles. The van der Waals surface area contributed by atoms with Gasteiger partial charge in [-0.25, -0.2) is 0 Å². The van der Waals surface area contributed by atoms with Crippen LogP contribution in [0.5, 0.6) is 0 Å². The van der Waals surface area contributed by atoms with E-state index in [2.05, 4.69) is 86.6 Å². The lowest BCUT2D eigenvalue weighted by Crippen LogP contribution is -2.43. The predicted octanol–water partition coefficient (Wildman–Crippen LogP) is 8.68. The van der Waals surface area contributed by atoms with Crippen LogP contribution in [0, 0.1) is 23.7 Å². The highest BCUT2D eigenvalue weighted by Crippen LogP contribution is 2.59. The fraction of sp³-hybridized carbons (Fsp3) is 0.419. The van der Waals surface area contributed by atoms with Crippen LogP contribution in [0.2, 0.25) is 0 Å². The molecule has 0 heteroatoms. The van der Waals surface area contributed by atoms with Gasteiger partial charge in [-0.15, -0.1) is 0 Å². The Morgan fingerprint density at radius 2 is 0.903 bits per heavy atom. The molecule has 4 bridgehead atoms. The number of rotatable bonds is 4. The van der Waals surface area contributed by atoms with E-state index in [-0.39, 0.29) is 0 Å². The van der Waals surface area contributed by atoms with Crippen LogP contribution in [-0.4, -0.2) is 0 Å². The lowest BCUT2D eigenvalue weighted by molar-refractivity contribution is -0.00277. The van der Waals surface area contributed by atoms with Crippen molar-refractivity contribution in [2.45, 2.75) is 57.8 Å². The molecular weight excluding hydrogens is 372 g/mol. The molecule has 4 aliphatic carbocycles. The minimum Gasteiger partial charge on any atom is -0.0587 e. The summed E-state index contributed by atoms with van der Waals surface area (Å²) in [5.74, 6) is 5.44. The van der Waals surface area contributed by atoms with Crippen LogP contribution in [0.4, 0.5) is 0 Å². The highest BCUT2D eigenvalue weighted by Gasteiger charge is 2.48. The Kier molecular flexibility index (Phi) is 4.78. The molecule has 31 heavy (non-hydrogen) atoms. The van der Waals surface area contributed by atoms with Crippen molar-refractivity contribution in [2.75, 3.05) is 0 Å². The van der Waals surface area contributed by atoms with Gasteiger partial charge < -0.3 is 0 Å². The standard InChI is InChI=1S/C31H34/c1-20(2)23-3-5-24(6-4-23)25-7-9-26(10-8-25)27-11-13-28(14-12-27)31-29-16-21-15-22(18-29)19-30(31)17-21/h3-14,20-22,29-31H,15-19H2,1-2H3. The Labute approximate surface area is 187 Å². The fourth-order valence-corrected chi connectivity index (χ4v) is 7.28. The van der Waals surface area contributed by atoms with Crippen molar-refractivity contribution in [3.63, 3.8) is 0 Å². The first-order valence-corrected chi connectivity index (χ1v) is 12.4. The smallest absolute Gasteiger partial charge is 0.0105 e. The molecule has 0 atom stereocenters. The second kappa shape index (κ2) is 7.66. The lowest BCUT2D eigenvalue weighted by Gasteiger charge is -2.54. The third kappa shape index (κ3) is 3.55. The van der Waals surface area contributed by atoms with Crippen molar-refractivity contribution in [3.8, 4) is 22.3 Å². The molecule has 4 fully saturated rings. The molecule has 4 saturated carbocycles. The molecule has 0 aromatic heterocycles. The second-order valence-electron chi connectivity index (χ2n) is 10.9. The molecule has 0 unspecified atom stereocenters. The van der Waals surface area contributed by atoms with Crippen molar-refractivity contribution in [1.29, 1.82) is 0 Å². The maximum atomic E-state index is 2.45. The normalized spacial score (nSPS) is 28.9. The van der Waals surface area contributed by atoms with Crippen LogP contribution in [0.3, 0.4) is 0 Å². The first kappa shape index (κ1) is 19.4. The average Bonchev–Trinajstić information content (AvgIpc) is 2.79. The van der Waals surface area contributed by atoms with Crippen molar-refractivity contribution in [1.82, 2.24) is 0 Å². The van der Waals surface area contributed by atoms with E-state index in [0.717, 1.165) is 29.6 Å². The summed E-state index contributed by atoms with van der Waals surface area (Å²) in [4.78, 5) is 0. The summed E-state index contributed by atoms with van der Waals surface area (Å²) in [5, 5.41) is 0. The van der Waals surface area contributed by atoms with E-state index in [1.54, 1.807) is 5.56 Å². The maximum absolute atomic E-state index is 2.45. The minimum absolute atomic E-state index is 0.582. The van der Waals surface area contributed by atoms with Gasteiger partial charge in [0, 0.05) is 0 Å². The molecule has 0 amide bonds. The first-order chi connectivity index (χ1) is 15.1. The van der Waals surface area contributed by atoms with E-state index in [1.165, 1.54) is 59.9 Å². The Morgan fingerprint density at radius 1 is 0.516 bits per heavy atom. The van der Waals surface area contributed by atoms with Crippen LogP contribution >= 0.6 is 0 Å². The van der Waals surface area contributed by atoms with Crippen LogP contribution in [0.25, 0.3) is 22.3 Å². The molecule has 0 N–H and O–H groups in total. The van der Waals surface area contributed by atoms with Crippen LogP contribution in [0.15, 0.2) is 72.8 Å². The second-order valence-corrected chi connectivity index (χ2v) is 10.9. The molecule has 0 saturated heterocycles. The van der Waals surface area contributed by atoms with Gasteiger partial charge in [0.05, 0.1) is 0 Å². The lowest BCUT2D eigenvalue weighted by atomic mass is 9.51. The monoisotopic (exact) mass is 406 g/mol. The summed E-state index contributed by atoms with van der Waals surface area (Å²) in [6, 6.07) is 27.8. The van der Waals surface area contributed by atoms with E-state index in [9.17, 15) is 0 Å². The molecule has 0 radical (unpaired) electrons. The minimum atomic E-state index is 0.582. The number of hydrogen-bond acceptors (Lipinski definition) is 0. The Morgan fingerprint density at radius 3 is 1.32 bits per heavy atom. The predicted molar refractivity (Wildman–Crippen MR) is 131 cm³/mol. The van der Waals surface area contributed by atoms with Gasteiger partial charge in [0.1, 0.15) is 0 Å². The van der Waals surface area contributed by atoms with E-state index in [1.807, 2.05) is 0 Å². The van der Waals surface area contributed by atoms with Crippen LogP contribution in [0.1, 0.15) is 68.9 Å². The molecule has 4 aliphatic rings. The summed E-state index contributed by atoms with van der Waals surface area (Å²) < 4.78 is 0. The SMILES string of the molecule is CC(C)c1ccc(-c2ccc(-c3ccc(C4C5CC6CC(C5)CC4C6)cc3)cc2)cc1. The zero-order valence-electron chi connectivity index (χ0n) is 18.9. The molecule has 0 nitrogen and oxygen atoms in total. The highest BCUT2D eigenvalue weighted by atomic mass is 14.5. The molecule has 0 aliphatic heterocycles. The van der Waals surface area contributed by atoms with Gasteiger partial charge in [-0.05, 0) is 101 Å². The molecule has 0 spiro atoms. The summed E-state index contributed by atoms with van der Waals surface area (Å²) in [7, 11) is 0. The summed E-state index contributed by atoms with van der Waals surface area (Å²) in [6.45, 7) is 4.50. The number of hydrogen-bond donors (Lipinski definition) is 0. The molecule has 3 aromatic rings. The molecule has 3 aromatic carbocycles. The van der Waals surface area contributed by atoms with Crippen molar-refractivity contribution in [3.05, 3.63) is 83.9 Å². The van der Waals surface area contributed by atoms with E-state index in [4.69, 9.17) is 0 Å². The Balaban J connectivity index is 1.20. The topological polar surface area (TPSA) is 0 Å². The highest BCUT2D eigenvalue weighted by molar-refractivity contribution is 5.70. The number of benzene rings is 3. The van der Waals surface area contributed by atoms with Crippen molar-refractivity contribution in [2.24, 2.45) is 23.7 Å². The zero-order chi connectivity index (χ0) is 20.9. The van der Waals surface area contributed by atoms with Gasteiger partial charge in [-0.3, -0.25) is 0 Å². The first-order valence-electron chi connectivity index (χ1n) is 12.4. The summed E-state index contributed by atoms with van der Waals surface area (Å²) in [5.41, 5.74) is 8.27. The van der Waals surface area contributed by atoms with Crippen LogP contribution < -0.4 is 0 Å². The average molecular weight is 407 g/mol. The van der Waals surface area contributed by atoms with Gasteiger partial charge in [-0.1, -0.05) is 86.6 Å². The third-order valence-corrected chi connectivity index (χ3v) is 8.65. The Hall–Kier alpha value is -2.34. The van der Waals surface area contributed by atoms with Gasteiger partial charge >= 0.3 is 0 Å². The third-order valence-electron chi connectivity index (χ3n) is 8.65. The Bertz CT molecular complexity index is 1010. The van der Waals surface area contributed by atoms with Crippen molar-refractivity contribution >= 4 is 0 Å². The van der Waals surface area contributed by atoms with Gasteiger partial charge in [0.25, 0.3) is 0 Å². The van der Waals surface area contributed by atoms with E-state index in [0.29, 0.717) is 5.92 Å². The van der Waals surface area contributed by atoms with Crippen LogP contribution in [-0.2, 0) is 0 Å². The fourth-order valence-electron chi connectivity index (χ4n) is 7.28. The molecule has 158 valence electrons. The largest absolute Gasteiger partial charge is 0.0587 e. The molecular formula is C31H34. The summed E-state index contributed by atoms with van der Waals surface area (Å²) in [6.07, 6.45) is 7.53. The maximum Gasteiger partial charge on any atom is -0.0105 e. The van der Waals surface area contributed by atoms with Crippen molar-refractivity contribution < 1.29 is 0 Å². The summed E-state index contributed by atoms with van der Waals surface area (Å²) >= 11 is 0. The van der Waals surface area contributed by atoms with E-state index >= 15 is 0 Å². The molecule has 7 rings (SSSR count). The van der Waals surface area contributed by atoms with Gasteiger partial charge in [0.15, 0.2) is 0 Å².